The predicted octanol–water partition coefficient (Wildman–Crippen LogP) is 4.86. The molecule has 3 rings (SSSR count). The minimum absolute atomic E-state index is 0.0195. The Kier molecular flexibility index (Phi) is 7.05. The van der Waals surface area contributed by atoms with E-state index in [0.717, 1.165) is 31.5 Å². The molecule has 2 aromatic rings. The van der Waals surface area contributed by atoms with Crippen molar-refractivity contribution in [1.29, 1.82) is 0 Å². The van der Waals surface area contributed by atoms with Crippen molar-refractivity contribution in [3.8, 4) is 11.5 Å². The standard InChI is InChI=1S/C21H24Cl2N2O3/c1-27-19-8-6-16(11-20(19)28-2)24-21(26)15-4-3-9-25(13-15)12-14-5-7-17(22)18(23)10-14/h5-8,10-11,15H,3-4,9,12-13H2,1-2H3,(H,24,26). The molecule has 1 aliphatic rings. The summed E-state index contributed by atoms with van der Waals surface area (Å²) in [5.41, 5.74) is 1.79. The van der Waals surface area contributed by atoms with Crippen LogP contribution in [0.2, 0.25) is 10.0 Å². The van der Waals surface area contributed by atoms with Crippen molar-refractivity contribution in [3.05, 3.63) is 52.0 Å². The van der Waals surface area contributed by atoms with Crippen LogP contribution < -0.4 is 14.8 Å². The Labute approximate surface area is 175 Å². The third-order valence-electron chi connectivity index (χ3n) is 4.92. The maximum absolute atomic E-state index is 12.8. The van der Waals surface area contributed by atoms with Crippen molar-refractivity contribution in [3.63, 3.8) is 0 Å². The van der Waals surface area contributed by atoms with Gasteiger partial charge in [-0.1, -0.05) is 29.3 Å². The molecule has 1 unspecified atom stereocenters. The van der Waals surface area contributed by atoms with Crippen LogP contribution in [0.15, 0.2) is 36.4 Å². The number of hydrogen-bond donors (Lipinski definition) is 1. The largest absolute Gasteiger partial charge is 0.493 e. The molecule has 1 saturated heterocycles. The van der Waals surface area contributed by atoms with Gasteiger partial charge in [-0.3, -0.25) is 9.69 Å². The number of rotatable bonds is 6. The summed E-state index contributed by atoms with van der Waals surface area (Å²) in [5.74, 6) is 1.17. The molecule has 150 valence electrons. The average molecular weight is 423 g/mol. The van der Waals surface area contributed by atoms with Crippen molar-refractivity contribution >= 4 is 34.8 Å². The van der Waals surface area contributed by atoms with Gasteiger partial charge in [0.05, 0.1) is 30.2 Å². The lowest BCUT2D eigenvalue weighted by Crippen LogP contribution is -2.40. The number of methoxy groups -OCH3 is 2. The first-order valence-corrected chi connectivity index (χ1v) is 9.95. The lowest BCUT2D eigenvalue weighted by Gasteiger charge is -2.32. The summed E-state index contributed by atoms with van der Waals surface area (Å²) in [6, 6.07) is 11.0. The number of nitrogens with one attached hydrogen (secondary N) is 1. The number of nitrogens with zero attached hydrogens (tertiary/aromatic N) is 1. The van der Waals surface area contributed by atoms with Crippen LogP contribution in [-0.4, -0.2) is 38.1 Å². The number of benzene rings is 2. The van der Waals surface area contributed by atoms with Gasteiger partial charge in [-0.2, -0.15) is 0 Å². The van der Waals surface area contributed by atoms with Gasteiger partial charge in [0.25, 0.3) is 0 Å². The molecule has 0 radical (unpaired) electrons. The zero-order chi connectivity index (χ0) is 20.1. The molecule has 2 aromatic carbocycles. The summed E-state index contributed by atoms with van der Waals surface area (Å²) in [6.45, 7) is 2.41. The van der Waals surface area contributed by atoms with Crippen molar-refractivity contribution in [2.45, 2.75) is 19.4 Å². The molecule has 1 aliphatic heterocycles. The van der Waals surface area contributed by atoms with Gasteiger partial charge in [0.15, 0.2) is 11.5 Å². The Morgan fingerprint density at radius 3 is 2.61 bits per heavy atom. The van der Waals surface area contributed by atoms with Crippen molar-refractivity contribution in [2.24, 2.45) is 5.92 Å². The number of hydrogen-bond acceptors (Lipinski definition) is 4. The molecule has 1 heterocycles. The van der Waals surface area contributed by atoms with E-state index in [-0.39, 0.29) is 11.8 Å². The van der Waals surface area contributed by atoms with Gasteiger partial charge in [-0.15, -0.1) is 0 Å². The van der Waals surface area contributed by atoms with Crippen LogP contribution in [0.4, 0.5) is 5.69 Å². The number of amides is 1. The van der Waals surface area contributed by atoms with Crippen molar-refractivity contribution < 1.29 is 14.3 Å². The summed E-state index contributed by atoms with van der Waals surface area (Å²) in [7, 11) is 3.16. The summed E-state index contributed by atoms with van der Waals surface area (Å²) in [6.07, 6.45) is 1.85. The van der Waals surface area contributed by atoms with E-state index in [1.165, 1.54) is 0 Å². The van der Waals surface area contributed by atoms with Crippen LogP contribution in [-0.2, 0) is 11.3 Å². The van der Waals surface area contributed by atoms with Crippen LogP contribution in [0.25, 0.3) is 0 Å². The zero-order valence-electron chi connectivity index (χ0n) is 16.0. The molecular formula is C21H24Cl2N2O3. The smallest absolute Gasteiger partial charge is 0.228 e. The maximum Gasteiger partial charge on any atom is 0.228 e. The number of piperidine rings is 1. The summed E-state index contributed by atoms with van der Waals surface area (Å²) < 4.78 is 10.5. The van der Waals surface area contributed by atoms with Gasteiger partial charge < -0.3 is 14.8 Å². The fraction of sp³-hybridized carbons (Fsp3) is 0.381. The van der Waals surface area contributed by atoms with E-state index in [2.05, 4.69) is 10.2 Å². The SMILES string of the molecule is COc1ccc(NC(=O)C2CCCN(Cc3ccc(Cl)c(Cl)c3)C2)cc1OC. The highest BCUT2D eigenvalue weighted by molar-refractivity contribution is 6.42. The quantitative estimate of drug-likeness (QED) is 0.721. The molecule has 0 bridgehead atoms. The Morgan fingerprint density at radius 1 is 1.11 bits per heavy atom. The second-order valence-corrected chi connectivity index (χ2v) is 7.70. The fourth-order valence-electron chi connectivity index (χ4n) is 3.47. The van der Waals surface area contributed by atoms with E-state index in [9.17, 15) is 4.79 Å². The summed E-state index contributed by atoms with van der Waals surface area (Å²) >= 11 is 12.1. The molecule has 5 nitrogen and oxygen atoms in total. The van der Waals surface area contributed by atoms with Gasteiger partial charge in [0, 0.05) is 24.8 Å². The summed E-state index contributed by atoms with van der Waals surface area (Å²) in [4.78, 5) is 15.0. The first-order valence-electron chi connectivity index (χ1n) is 9.19. The van der Waals surface area contributed by atoms with Gasteiger partial charge >= 0.3 is 0 Å². The highest BCUT2D eigenvalue weighted by atomic mass is 35.5. The number of likely N-dealkylation sites (tertiary alicyclic amines) is 1. The normalized spacial score (nSPS) is 17.2. The molecule has 1 fully saturated rings. The number of halogens is 2. The van der Waals surface area contributed by atoms with Crippen LogP contribution in [0.1, 0.15) is 18.4 Å². The van der Waals surface area contributed by atoms with E-state index < -0.39 is 0 Å². The van der Waals surface area contributed by atoms with Crippen molar-refractivity contribution in [2.75, 3.05) is 32.6 Å². The first-order chi connectivity index (χ1) is 13.5. The minimum atomic E-state index is -0.0652. The Bertz CT molecular complexity index is 844. The highest BCUT2D eigenvalue weighted by Gasteiger charge is 2.26. The topological polar surface area (TPSA) is 50.8 Å². The molecular weight excluding hydrogens is 399 g/mol. The number of carbonyl (C=O) groups is 1. The second-order valence-electron chi connectivity index (χ2n) is 6.88. The van der Waals surface area contributed by atoms with E-state index in [0.29, 0.717) is 33.8 Å². The molecule has 28 heavy (non-hydrogen) atoms. The molecule has 0 spiro atoms. The van der Waals surface area contributed by atoms with Crippen LogP contribution >= 0.6 is 23.2 Å². The van der Waals surface area contributed by atoms with E-state index in [4.69, 9.17) is 32.7 Å². The molecule has 1 N–H and O–H groups in total. The monoisotopic (exact) mass is 422 g/mol. The molecule has 1 amide bonds. The fourth-order valence-corrected chi connectivity index (χ4v) is 3.79. The third-order valence-corrected chi connectivity index (χ3v) is 5.66. The van der Waals surface area contributed by atoms with Crippen LogP contribution in [0.3, 0.4) is 0 Å². The summed E-state index contributed by atoms with van der Waals surface area (Å²) in [5, 5.41) is 4.11. The Balaban J connectivity index is 1.61. The third kappa shape index (κ3) is 5.10. The van der Waals surface area contributed by atoms with Gasteiger partial charge in [0.2, 0.25) is 5.91 Å². The van der Waals surface area contributed by atoms with Gasteiger partial charge in [0.1, 0.15) is 0 Å². The van der Waals surface area contributed by atoms with Crippen LogP contribution in [0.5, 0.6) is 11.5 Å². The molecule has 0 aliphatic carbocycles. The van der Waals surface area contributed by atoms with E-state index in [1.807, 2.05) is 24.3 Å². The minimum Gasteiger partial charge on any atom is -0.493 e. The van der Waals surface area contributed by atoms with Crippen LogP contribution in [0, 0.1) is 5.92 Å². The Hall–Kier alpha value is -1.95. The molecule has 0 saturated carbocycles. The highest BCUT2D eigenvalue weighted by Crippen LogP contribution is 2.30. The van der Waals surface area contributed by atoms with E-state index in [1.54, 1.807) is 26.4 Å². The number of anilines is 1. The molecule has 0 aromatic heterocycles. The van der Waals surface area contributed by atoms with Gasteiger partial charge in [-0.25, -0.2) is 0 Å². The number of ether oxygens (including phenoxy) is 2. The maximum atomic E-state index is 12.8. The molecule has 1 atom stereocenters. The lowest BCUT2D eigenvalue weighted by molar-refractivity contribution is -0.121. The zero-order valence-corrected chi connectivity index (χ0v) is 17.5. The Morgan fingerprint density at radius 2 is 1.89 bits per heavy atom. The molecule has 7 heteroatoms. The van der Waals surface area contributed by atoms with Gasteiger partial charge in [-0.05, 0) is 49.2 Å². The van der Waals surface area contributed by atoms with Crippen molar-refractivity contribution in [1.82, 2.24) is 4.90 Å². The lowest BCUT2D eigenvalue weighted by atomic mass is 9.96. The van der Waals surface area contributed by atoms with E-state index >= 15 is 0 Å². The second kappa shape index (κ2) is 9.50. The predicted molar refractivity (Wildman–Crippen MR) is 113 cm³/mol. The number of carbonyl (C=O) groups excluding carboxylic acids is 1. The first kappa shape index (κ1) is 20.8. The average Bonchev–Trinajstić information content (AvgIpc) is 2.71.